The first-order chi connectivity index (χ1) is 36.0. The van der Waals surface area contributed by atoms with Gasteiger partial charge in [-0.25, -0.2) is 0 Å². The van der Waals surface area contributed by atoms with Crippen molar-refractivity contribution >= 4 is 17.9 Å². The second-order valence-corrected chi connectivity index (χ2v) is 21.7. The molecule has 0 spiro atoms. The van der Waals surface area contributed by atoms with E-state index >= 15 is 0 Å². The van der Waals surface area contributed by atoms with Gasteiger partial charge in [-0.15, -0.1) is 0 Å². The number of hydrogen-bond acceptors (Lipinski definition) is 6. The molecule has 426 valence electrons. The standard InChI is InChI=1S/C67H122O6/c1-4-7-10-13-16-18-20-22-24-26-28-30-31-32-33-34-35-36-37-38-40-41-43-45-47-49-51-54-57-60-66(69)72-63-64(62-71-65(68)59-56-53-15-12-9-6-3)73-67(70)61-58-55-52-50-48-46-44-42-39-29-27-25-23-21-19-17-14-11-8-5-2/h7,10,16,18,22,24,28,30,64H,4-6,8-9,11-15,17,19-21,23,25-27,29,31-63H2,1-3H3/b10-7-,18-16-,24-22-,30-28-. The highest BCUT2D eigenvalue weighted by Gasteiger charge is 2.19. The lowest BCUT2D eigenvalue weighted by atomic mass is 10.0. The summed E-state index contributed by atoms with van der Waals surface area (Å²) in [5.74, 6) is -0.856. The molecule has 0 aliphatic heterocycles. The van der Waals surface area contributed by atoms with Crippen LogP contribution in [0.15, 0.2) is 48.6 Å². The van der Waals surface area contributed by atoms with Gasteiger partial charge in [-0.3, -0.25) is 14.4 Å². The van der Waals surface area contributed by atoms with E-state index in [9.17, 15) is 14.4 Å². The zero-order valence-electron chi connectivity index (χ0n) is 48.9. The lowest BCUT2D eigenvalue weighted by molar-refractivity contribution is -0.167. The third kappa shape index (κ3) is 60.1. The van der Waals surface area contributed by atoms with E-state index in [2.05, 4.69) is 69.4 Å². The Labute approximate surface area is 454 Å². The summed E-state index contributed by atoms with van der Waals surface area (Å²) in [5.41, 5.74) is 0. The maximum atomic E-state index is 12.8. The monoisotopic (exact) mass is 1020 g/mol. The Morgan fingerprint density at radius 2 is 0.534 bits per heavy atom. The average molecular weight is 1020 g/mol. The van der Waals surface area contributed by atoms with Crippen LogP contribution in [0.4, 0.5) is 0 Å². The van der Waals surface area contributed by atoms with Gasteiger partial charge in [0.25, 0.3) is 0 Å². The molecule has 1 atom stereocenters. The van der Waals surface area contributed by atoms with Gasteiger partial charge in [-0.1, -0.05) is 313 Å². The molecule has 0 saturated heterocycles. The molecule has 0 rings (SSSR count). The van der Waals surface area contributed by atoms with Crippen molar-refractivity contribution in [2.75, 3.05) is 13.2 Å². The summed E-state index contributed by atoms with van der Waals surface area (Å²) in [7, 11) is 0. The Bertz CT molecular complexity index is 1270. The first-order valence-electron chi connectivity index (χ1n) is 32.1. The van der Waals surface area contributed by atoms with Gasteiger partial charge in [-0.05, 0) is 57.8 Å². The smallest absolute Gasteiger partial charge is 0.306 e. The predicted octanol–water partition coefficient (Wildman–Crippen LogP) is 21.8. The molecule has 0 aliphatic rings. The van der Waals surface area contributed by atoms with Crippen molar-refractivity contribution in [1.82, 2.24) is 0 Å². The largest absolute Gasteiger partial charge is 0.462 e. The fourth-order valence-electron chi connectivity index (χ4n) is 9.56. The van der Waals surface area contributed by atoms with Gasteiger partial charge in [0.1, 0.15) is 13.2 Å². The van der Waals surface area contributed by atoms with Gasteiger partial charge in [0.15, 0.2) is 6.10 Å². The molecule has 0 heterocycles. The Kier molecular flexibility index (Phi) is 59.7. The average Bonchev–Trinajstić information content (AvgIpc) is 3.39. The number of ether oxygens (including phenoxy) is 3. The van der Waals surface area contributed by atoms with Crippen molar-refractivity contribution in [3.63, 3.8) is 0 Å². The molecule has 0 N–H and O–H groups in total. The van der Waals surface area contributed by atoms with E-state index in [-0.39, 0.29) is 31.1 Å². The lowest BCUT2D eigenvalue weighted by Crippen LogP contribution is -2.30. The molecule has 73 heavy (non-hydrogen) atoms. The Hall–Kier alpha value is -2.63. The van der Waals surface area contributed by atoms with Gasteiger partial charge in [0.05, 0.1) is 0 Å². The van der Waals surface area contributed by atoms with Gasteiger partial charge in [0, 0.05) is 19.3 Å². The first kappa shape index (κ1) is 70.4. The van der Waals surface area contributed by atoms with Crippen LogP contribution in [-0.4, -0.2) is 37.2 Å². The summed E-state index contributed by atoms with van der Waals surface area (Å²) in [5, 5.41) is 0. The third-order valence-electron chi connectivity index (χ3n) is 14.3. The molecule has 6 nitrogen and oxygen atoms in total. The van der Waals surface area contributed by atoms with Crippen molar-refractivity contribution in [2.24, 2.45) is 0 Å². The lowest BCUT2D eigenvalue weighted by Gasteiger charge is -2.18. The number of rotatable bonds is 59. The summed E-state index contributed by atoms with van der Waals surface area (Å²) in [4.78, 5) is 38.0. The van der Waals surface area contributed by atoms with Gasteiger partial charge in [0.2, 0.25) is 0 Å². The number of allylic oxidation sites excluding steroid dienone is 8. The molecule has 0 aromatic heterocycles. The number of carbonyl (C=O) groups is 3. The number of esters is 3. The molecule has 0 aliphatic carbocycles. The number of hydrogen-bond donors (Lipinski definition) is 0. The van der Waals surface area contributed by atoms with Crippen LogP contribution in [0.3, 0.4) is 0 Å². The molecule has 1 unspecified atom stereocenters. The molecule has 0 aromatic rings. The van der Waals surface area contributed by atoms with Crippen molar-refractivity contribution in [2.45, 2.75) is 348 Å². The van der Waals surface area contributed by atoms with Crippen LogP contribution >= 0.6 is 0 Å². The molecule has 0 radical (unpaired) electrons. The fraction of sp³-hybridized carbons (Fsp3) is 0.836. The molecule has 0 amide bonds. The minimum absolute atomic E-state index is 0.0676. The quantitative estimate of drug-likeness (QED) is 0.0261. The Morgan fingerprint density at radius 1 is 0.288 bits per heavy atom. The predicted molar refractivity (Wildman–Crippen MR) is 316 cm³/mol. The van der Waals surface area contributed by atoms with E-state index in [1.54, 1.807) is 0 Å². The van der Waals surface area contributed by atoms with Crippen LogP contribution in [0.2, 0.25) is 0 Å². The summed E-state index contributed by atoms with van der Waals surface area (Å²) >= 11 is 0. The van der Waals surface area contributed by atoms with Gasteiger partial charge < -0.3 is 14.2 Å². The Morgan fingerprint density at radius 3 is 0.836 bits per heavy atom. The van der Waals surface area contributed by atoms with E-state index in [1.165, 1.54) is 218 Å². The summed E-state index contributed by atoms with van der Waals surface area (Å²) in [6, 6.07) is 0. The van der Waals surface area contributed by atoms with E-state index < -0.39 is 6.10 Å². The third-order valence-corrected chi connectivity index (χ3v) is 14.3. The highest BCUT2D eigenvalue weighted by Crippen LogP contribution is 2.18. The maximum absolute atomic E-state index is 12.8. The van der Waals surface area contributed by atoms with Crippen molar-refractivity contribution in [3.05, 3.63) is 48.6 Å². The first-order valence-corrected chi connectivity index (χ1v) is 32.1. The molecule has 0 saturated carbocycles. The normalized spacial score (nSPS) is 12.3. The second-order valence-electron chi connectivity index (χ2n) is 21.7. The summed E-state index contributed by atoms with van der Waals surface area (Å²) < 4.78 is 16.8. The van der Waals surface area contributed by atoms with Crippen molar-refractivity contribution in [3.8, 4) is 0 Å². The number of unbranched alkanes of at least 4 members (excludes halogenated alkanes) is 40. The zero-order valence-corrected chi connectivity index (χ0v) is 48.9. The molecule has 6 heteroatoms. The molecule has 0 aromatic carbocycles. The van der Waals surface area contributed by atoms with Crippen LogP contribution in [0.1, 0.15) is 342 Å². The van der Waals surface area contributed by atoms with Gasteiger partial charge in [-0.2, -0.15) is 0 Å². The van der Waals surface area contributed by atoms with Crippen LogP contribution in [0.25, 0.3) is 0 Å². The van der Waals surface area contributed by atoms with Crippen molar-refractivity contribution < 1.29 is 28.6 Å². The zero-order chi connectivity index (χ0) is 52.9. The van der Waals surface area contributed by atoms with Crippen LogP contribution in [-0.2, 0) is 28.6 Å². The number of carbonyl (C=O) groups excluding carboxylic acids is 3. The minimum Gasteiger partial charge on any atom is -0.462 e. The van der Waals surface area contributed by atoms with Crippen LogP contribution < -0.4 is 0 Å². The maximum Gasteiger partial charge on any atom is 0.306 e. The van der Waals surface area contributed by atoms with E-state index in [0.29, 0.717) is 19.3 Å². The van der Waals surface area contributed by atoms with E-state index in [1.807, 2.05) is 0 Å². The van der Waals surface area contributed by atoms with E-state index in [0.717, 1.165) is 83.5 Å². The van der Waals surface area contributed by atoms with Crippen LogP contribution in [0, 0.1) is 0 Å². The van der Waals surface area contributed by atoms with E-state index in [4.69, 9.17) is 14.2 Å². The minimum atomic E-state index is -0.766. The highest BCUT2D eigenvalue weighted by atomic mass is 16.6. The SMILES string of the molecule is CC/C=C\C/C=C\C/C=C\C/C=C\CCCCCCCCCCCCCCCCCCC(=O)OCC(COC(=O)CCCCCCCC)OC(=O)CCCCCCCCCCCCCCCCCCCCCC. The Balaban J connectivity index is 4.01. The summed E-state index contributed by atoms with van der Waals surface area (Å²) in [6.07, 6.45) is 77.3. The van der Waals surface area contributed by atoms with Gasteiger partial charge >= 0.3 is 17.9 Å². The highest BCUT2D eigenvalue weighted by molar-refractivity contribution is 5.71. The topological polar surface area (TPSA) is 78.9 Å². The molecular weight excluding hydrogens is 901 g/mol. The van der Waals surface area contributed by atoms with Crippen molar-refractivity contribution in [1.29, 1.82) is 0 Å². The summed E-state index contributed by atoms with van der Waals surface area (Å²) in [6.45, 7) is 6.52. The fourth-order valence-corrected chi connectivity index (χ4v) is 9.56. The molecule has 0 bridgehead atoms. The molecule has 0 fully saturated rings. The second kappa shape index (κ2) is 61.9. The van der Waals surface area contributed by atoms with Crippen LogP contribution in [0.5, 0.6) is 0 Å². The molecular formula is C67H122O6.